The summed E-state index contributed by atoms with van der Waals surface area (Å²) in [6.07, 6.45) is 3.59. The fourth-order valence-corrected chi connectivity index (χ4v) is 3.76. The summed E-state index contributed by atoms with van der Waals surface area (Å²) in [7, 11) is 0. The third-order valence-electron chi connectivity index (χ3n) is 5.63. The number of rotatable bonds is 6. The van der Waals surface area contributed by atoms with Gasteiger partial charge in [0.1, 0.15) is 0 Å². The van der Waals surface area contributed by atoms with Crippen molar-refractivity contribution in [2.24, 2.45) is 16.8 Å². The standard InChI is InChI=1S/C20H39N5O/c1-6-21-20(22-13-17(5)24-10-7-16(4)8-11-24)23-18-9-12-25(14-18)19(26)15(2)3/h15-18H,6-14H2,1-5H3,(H2,21,22,23). The third kappa shape index (κ3) is 6.15. The van der Waals surface area contributed by atoms with Gasteiger partial charge in [0.25, 0.3) is 0 Å². The summed E-state index contributed by atoms with van der Waals surface area (Å²) in [5.41, 5.74) is 0. The van der Waals surface area contributed by atoms with Crippen LogP contribution in [0.15, 0.2) is 4.99 Å². The number of carbonyl (C=O) groups is 1. The Morgan fingerprint density at radius 1 is 1.15 bits per heavy atom. The van der Waals surface area contributed by atoms with E-state index in [2.05, 4.69) is 36.3 Å². The summed E-state index contributed by atoms with van der Waals surface area (Å²) in [5, 5.41) is 6.89. The highest BCUT2D eigenvalue weighted by Crippen LogP contribution is 2.18. The van der Waals surface area contributed by atoms with E-state index in [1.807, 2.05) is 18.7 Å². The van der Waals surface area contributed by atoms with Crippen LogP contribution in [0.3, 0.4) is 0 Å². The summed E-state index contributed by atoms with van der Waals surface area (Å²) in [4.78, 5) is 21.5. The molecule has 0 aromatic rings. The molecular weight excluding hydrogens is 326 g/mol. The predicted octanol–water partition coefficient (Wildman–Crippen LogP) is 1.92. The maximum absolute atomic E-state index is 12.2. The molecule has 150 valence electrons. The Labute approximate surface area is 159 Å². The number of hydrogen-bond acceptors (Lipinski definition) is 3. The zero-order valence-corrected chi connectivity index (χ0v) is 17.4. The highest BCUT2D eigenvalue weighted by Gasteiger charge is 2.28. The van der Waals surface area contributed by atoms with E-state index < -0.39 is 0 Å². The van der Waals surface area contributed by atoms with Crippen LogP contribution in [0.4, 0.5) is 0 Å². The van der Waals surface area contributed by atoms with Gasteiger partial charge in [0, 0.05) is 37.6 Å². The molecule has 0 spiro atoms. The van der Waals surface area contributed by atoms with Crippen molar-refractivity contribution in [3.8, 4) is 0 Å². The van der Waals surface area contributed by atoms with Gasteiger partial charge in [0.05, 0.1) is 6.54 Å². The minimum atomic E-state index is 0.0729. The van der Waals surface area contributed by atoms with Crippen molar-refractivity contribution in [2.75, 3.05) is 39.3 Å². The van der Waals surface area contributed by atoms with Crippen LogP contribution in [0.2, 0.25) is 0 Å². The van der Waals surface area contributed by atoms with Crippen LogP contribution in [0.25, 0.3) is 0 Å². The van der Waals surface area contributed by atoms with Gasteiger partial charge in [0.15, 0.2) is 5.96 Å². The van der Waals surface area contributed by atoms with Crippen molar-refractivity contribution in [1.82, 2.24) is 20.4 Å². The fraction of sp³-hybridized carbons (Fsp3) is 0.900. The minimum Gasteiger partial charge on any atom is -0.357 e. The SMILES string of the molecule is CCNC(=NCC(C)N1CCC(C)CC1)NC1CCN(C(=O)C(C)C)C1. The van der Waals surface area contributed by atoms with Gasteiger partial charge in [-0.2, -0.15) is 0 Å². The molecule has 2 aliphatic heterocycles. The van der Waals surface area contributed by atoms with E-state index >= 15 is 0 Å². The van der Waals surface area contributed by atoms with Crippen molar-refractivity contribution in [1.29, 1.82) is 0 Å². The number of piperidine rings is 1. The average molecular weight is 366 g/mol. The zero-order valence-electron chi connectivity index (χ0n) is 17.4. The van der Waals surface area contributed by atoms with Gasteiger partial charge >= 0.3 is 0 Å². The summed E-state index contributed by atoms with van der Waals surface area (Å²) < 4.78 is 0. The molecule has 0 aromatic heterocycles. The Kier molecular flexibility index (Phi) is 8.19. The molecule has 0 saturated carbocycles. The molecule has 2 aliphatic rings. The molecule has 2 N–H and O–H groups in total. The molecule has 2 atom stereocenters. The van der Waals surface area contributed by atoms with Gasteiger partial charge in [-0.3, -0.25) is 14.7 Å². The smallest absolute Gasteiger partial charge is 0.225 e. The molecule has 0 aliphatic carbocycles. The number of likely N-dealkylation sites (tertiary alicyclic amines) is 2. The maximum Gasteiger partial charge on any atom is 0.225 e. The fourth-order valence-electron chi connectivity index (χ4n) is 3.76. The molecular formula is C20H39N5O. The number of carbonyl (C=O) groups excluding carboxylic acids is 1. The topological polar surface area (TPSA) is 60.0 Å². The Balaban J connectivity index is 1.84. The minimum absolute atomic E-state index is 0.0729. The number of guanidine groups is 1. The van der Waals surface area contributed by atoms with Crippen molar-refractivity contribution >= 4 is 11.9 Å². The second kappa shape index (κ2) is 10.1. The van der Waals surface area contributed by atoms with Gasteiger partial charge in [-0.1, -0.05) is 20.8 Å². The summed E-state index contributed by atoms with van der Waals surface area (Å²) >= 11 is 0. The second-order valence-corrected chi connectivity index (χ2v) is 8.36. The van der Waals surface area contributed by atoms with Crippen LogP contribution in [-0.4, -0.2) is 73.0 Å². The number of nitrogens with one attached hydrogen (secondary N) is 2. The van der Waals surface area contributed by atoms with E-state index in [1.54, 1.807) is 0 Å². The van der Waals surface area contributed by atoms with Crippen LogP contribution in [0.5, 0.6) is 0 Å². The van der Waals surface area contributed by atoms with Gasteiger partial charge in [-0.05, 0) is 52.1 Å². The molecule has 6 heteroatoms. The first-order valence-corrected chi connectivity index (χ1v) is 10.5. The quantitative estimate of drug-likeness (QED) is 0.558. The lowest BCUT2D eigenvalue weighted by Crippen LogP contribution is -2.46. The summed E-state index contributed by atoms with van der Waals surface area (Å²) in [5.74, 6) is 2.07. The number of nitrogens with zero attached hydrogens (tertiary/aromatic N) is 3. The lowest BCUT2D eigenvalue weighted by Gasteiger charge is -2.34. The summed E-state index contributed by atoms with van der Waals surface area (Å²) in [6, 6.07) is 0.766. The number of hydrogen-bond donors (Lipinski definition) is 2. The molecule has 2 unspecified atom stereocenters. The highest BCUT2D eigenvalue weighted by atomic mass is 16.2. The number of aliphatic imine (C=N–C) groups is 1. The van der Waals surface area contributed by atoms with E-state index in [9.17, 15) is 4.79 Å². The normalized spacial score (nSPS) is 24.2. The Hall–Kier alpha value is -1.30. The predicted molar refractivity (Wildman–Crippen MR) is 108 cm³/mol. The Bertz CT molecular complexity index is 471. The van der Waals surface area contributed by atoms with Crippen molar-refractivity contribution in [2.45, 2.75) is 66.0 Å². The molecule has 6 nitrogen and oxygen atoms in total. The molecule has 0 bridgehead atoms. The van der Waals surface area contributed by atoms with Crippen LogP contribution in [0, 0.1) is 11.8 Å². The van der Waals surface area contributed by atoms with Gasteiger partial charge < -0.3 is 15.5 Å². The Morgan fingerprint density at radius 2 is 1.85 bits per heavy atom. The maximum atomic E-state index is 12.2. The molecule has 0 aromatic carbocycles. The molecule has 2 saturated heterocycles. The molecule has 2 rings (SSSR count). The largest absolute Gasteiger partial charge is 0.357 e. The van der Waals surface area contributed by atoms with E-state index in [0.29, 0.717) is 12.1 Å². The lowest BCUT2D eigenvalue weighted by atomic mass is 9.98. The van der Waals surface area contributed by atoms with Crippen LogP contribution >= 0.6 is 0 Å². The van der Waals surface area contributed by atoms with Crippen molar-refractivity contribution in [3.05, 3.63) is 0 Å². The zero-order chi connectivity index (χ0) is 19.1. The van der Waals surface area contributed by atoms with Crippen molar-refractivity contribution in [3.63, 3.8) is 0 Å². The molecule has 0 radical (unpaired) electrons. The second-order valence-electron chi connectivity index (χ2n) is 8.36. The molecule has 26 heavy (non-hydrogen) atoms. The van der Waals surface area contributed by atoms with E-state index in [-0.39, 0.29) is 11.8 Å². The summed E-state index contributed by atoms with van der Waals surface area (Å²) in [6.45, 7) is 16.3. The van der Waals surface area contributed by atoms with E-state index in [4.69, 9.17) is 4.99 Å². The third-order valence-corrected chi connectivity index (χ3v) is 5.63. The molecule has 2 heterocycles. The van der Waals surface area contributed by atoms with Crippen LogP contribution < -0.4 is 10.6 Å². The first-order valence-electron chi connectivity index (χ1n) is 10.5. The van der Waals surface area contributed by atoms with Gasteiger partial charge in [0.2, 0.25) is 5.91 Å². The molecule has 2 fully saturated rings. The first kappa shape index (κ1) is 21.0. The van der Waals surface area contributed by atoms with Crippen LogP contribution in [-0.2, 0) is 4.79 Å². The Morgan fingerprint density at radius 3 is 2.46 bits per heavy atom. The monoisotopic (exact) mass is 365 g/mol. The van der Waals surface area contributed by atoms with Gasteiger partial charge in [-0.25, -0.2) is 0 Å². The van der Waals surface area contributed by atoms with E-state index in [0.717, 1.165) is 44.5 Å². The first-order chi connectivity index (χ1) is 12.4. The average Bonchev–Trinajstić information content (AvgIpc) is 3.07. The van der Waals surface area contributed by atoms with Gasteiger partial charge in [-0.15, -0.1) is 0 Å². The highest BCUT2D eigenvalue weighted by molar-refractivity contribution is 5.81. The number of amides is 1. The lowest BCUT2D eigenvalue weighted by molar-refractivity contribution is -0.133. The molecule has 1 amide bonds. The van der Waals surface area contributed by atoms with Crippen LogP contribution in [0.1, 0.15) is 53.9 Å². The van der Waals surface area contributed by atoms with Crippen molar-refractivity contribution < 1.29 is 4.79 Å². The van der Waals surface area contributed by atoms with E-state index in [1.165, 1.54) is 25.9 Å².